The molecule has 0 spiro atoms. The molecule has 3 aromatic rings. The molecule has 2 aromatic carbocycles. The number of para-hydroxylation sites is 1. The number of hydrogen-bond donors (Lipinski definition) is 1. The number of ether oxygens (including phenoxy) is 1. The molecule has 2 heterocycles. The zero-order valence-corrected chi connectivity index (χ0v) is 10.9. The minimum Gasteiger partial charge on any atom is -0.445 e. The zero-order valence-electron chi connectivity index (χ0n) is 10.9. The van der Waals surface area contributed by atoms with Crippen molar-refractivity contribution < 1.29 is 14.4 Å². The van der Waals surface area contributed by atoms with E-state index in [2.05, 4.69) is 0 Å². The molecule has 0 saturated carbocycles. The predicted molar refractivity (Wildman–Crippen MR) is 75.1 cm³/mol. The second-order valence-electron chi connectivity index (χ2n) is 5.08. The van der Waals surface area contributed by atoms with E-state index in [-0.39, 0.29) is 0 Å². The molecule has 0 bridgehead atoms. The van der Waals surface area contributed by atoms with Gasteiger partial charge in [-0.2, -0.15) is 4.57 Å². The maximum atomic E-state index is 10.9. The van der Waals surface area contributed by atoms with Crippen molar-refractivity contribution in [3.8, 4) is 5.75 Å². The first-order valence-electron chi connectivity index (χ1n) is 6.64. The van der Waals surface area contributed by atoms with Crippen LogP contribution >= 0.6 is 0 Å². The Morgan fingerprint density at radius 1 is 0.950 bits per heavy atom. The van der Waals surface area contributed by atoms with Crippen LogP contribution in [0.1, 0.15) is 5.56 Å². The highest BCUT2D eigenvalue weighted by atomic mass is 16.6. The summed E-state index contributed by atoms with van der Waals surface area (Å²) in [6, 6.07) is 19.4. The van der Waals surface area contributed by atoms with Crippen molar-refractivity contribution in [1.82, 2.24) is 0 Å². The number of hydrogen-bond acceptors (Lipinski definition) is 2. The lowest BCUT2D eigenvalue weighted by molar-refractivity contribution is -0.703. The quantitative estimate of drug-likeness (QED) is 0.684. The largest absolute Gasteiger partial charge is 0.445 e. The van der Waals surface area contributed by atoms with E-state index in [1.54, 1.807) is 0 Å². The van der Waals surface area contributed by atoms with Crippen LogP contribution < -0.4 is 9.30 Å². The minimum absolute atomic E-state index is 0.380. The van der Waals surface area contributed by atoms with Crippen LogP contribution in [-0.2, 0) is 12.3 Å². The van der Waals surface area contributed by atoms with Crippen molar-refractivity contribution >= 4 is 10.9 Å². The van der Waals surface area contributed by atoms with Gasteiger partial charge in [-0.05, 0) is 18.2 Å². The highest BCUT2D eigenvalue weighted by molar-refractivity contribution is 5.81. The molecule has 0 fully saturated rings. The smallest absolute Gasteiger partial charge is 0.295 e. The van der Waals surface area contributed by atoms with E-state index < -0.39 is 5.79 Å². The Labute approximate surface area is 116 Å². The first-order chi connectivity index (χ1) is 9.76. The molecule has 1 aliphatic rings. The molecule has 1 unspecified atom stereocenters. The van der Waals surface area contributed by atoms with E-state index in [1.165, 1.54) is 0 Å². The van der Waals surface area contributed by atoms with Crippen LogP contribution in [0.4, 0.5) is 0 Å². The van der Waals surface area contributed by atoms with Crippen LogP contribution in [0, 0.1) is 0 Å². The molecular weight excluding hydrogens is 250 g/mol. The number of nitrogens with zero attached hydrogens (tertiary/aromatic N) is 1. The molecule has 4 rings (SSSR count). The normalized spacial score (nSPS) is 20.6. The lowest BCUT2D eigenvalue weighted by Gasteiger charge is -2.30. The fraction of sp³-hybridized carbons (Fsp3) is 0.118. The number of benzene rings is 2. The summed E-state index contributed by atoms with van der Waals surface area (Å²) < 4.78 is 7.96. The second kappa shape index (κ2) is 4.05. The molecule has 0 amide bonds. The molecule has 1 N–H and O–H groups in total. The van der Waals surface area contributed by atoms with Gasteiger partial charge in [-0.3, -0.25) is 0 Å². The van der Waals surface area contributed by atoms with E-state index in [0.29, 0.717) is 12.3 Å². The van der Waals surface area contributed by atoms with Crippen LogP contribution in [0.3, 0.4) is 0 Å². The fourth-order valence-electron chi connectivity index (χ4n) is 2.81. The lowest BCUT2D eigenvalue weighted by Crippen LogP contribution is -2.53. The molecule has 1 aromatic heterocycles. The summed E-state index contributed by atoms with van der Waals surface area (Å²) in [5.74, 6) is -0.616. The maximum absolute atomic E-state index is 10.9. The second-order valence-corrected chi connectivity index (χ2v) is 5.08. The van der Waals surface area contributed by atoms with E-state index in [0.717, 1.165) is 16.5 Å². The van der Waals surface area contributed by atoms with Gasteiger partial charge in [0.05, 0.1) is 5.39 Å². The zero-order chi connectivity index (χ0) is 13.6. The molecule has 3 heteroatoms. The van der Waals surface area contributed by atoms with Gasteiger partial charge in [-0.15, -0.1) is 0 Å². The van der Waals surface area contributed by atoms with Crippen molar-refractivity contribution in [1.29, 1.82) is 0 Å². The molecule has 3 nitrogen and oxygen atoms in total. The molecule has 1 atom stereocenters. The highest BCUT2D eigenvalue weighted by Crippen LogP contribution is 2.34. The van der Waals surface area contributed by atoms with Crippen LogP contribution in [-0.4, -0.2) is 5.11 Å². The molecule has 20 heavy (non-hydrogen) atoms. The van der Waals surface area contributed by atoms with E-state index in [9.17, 15) is 5.11 Å². The number of aromatic nitrogens is 1. The first-order valence-corrected chi connectivity index (χ1v) is 6.64. The van der Waals surface area contributed by atoms with Crippen molar-refractivity contribution in [3.63, 3.8) is 0 Å². The van der Waals surface area contributed by atoms with Crippen LogP contribution in [0.2, 0.25) is 0 Å². The fourth-order valence-corrected chi connectivity index (χ4v) is 2.81. The number of pyridine rings is 1. The minimum atomic E-state index is -1.32. The van der Waals surface area contributed by atoms with Gasteiger partial charge in [-0.25, -0.2) is 0 Å². The highest BCUT2D eigenvalue weighted by Gasteiger charge is 2.42. The Morgan fingerprint density at radius 2 is 1.75 bits per heavy atom. The first kappa shape index (κ1) is 11.4. The lowest BCUT2D eigenvalue weighted by atomic mass is 10.0. The van der Waals surface area contributed by atoms with Gasteiger partial charge < -0.3 is 9.84 Å². The monoisotopic (exact) mass is 264 g/mol. The summed E-state index contributed by atoms with van der Waals surface area (Å²) in [5, 5.41) is 12.0. The molecular formula is C17H14NO2+. The Kier molecular flexibility index (Phi) is 2.32. The van der Waals surface area contributed by atoms with Gasteiger partial charge in [0.25, 0.3) is 11.3 Å². The summed E-state index contributed by atoms with van der Waals surface area (Å²) in [6.45, 7) is 0.380. The molecule has 1 aliphatic heterocycles. The van der Waals surface area contributed by atoms with Gasteiger partial charge in [0.2, 0.25) is 6.54 Å². The van der Waals surface area contributed by atoms with Crippen LogP contribution in [0.15, 0.2) is 66.9 Å². The van der Waals surface area contributed by atoms with Gasteiger partial charge in [0.1, 0.15) is 0 Å². The van der Waals surface area contributed by atoms with Gasteiger partial charge in [0, 0.05) is 11.6 Å². The Bertz CT molecular complexity index is 743. The standard InChI is InChI=1S/C17H14NO2/c19-17(14-8-2-1-3-9-14)12-18-11-5-7-13-6-4-10-15(20-17)16(13)18/h1-11,19H,12H2/q+1. The SMILES string of the molecule is OC1(c2ccccc2)C[n+]2cccc3cccc(c32)O1. The van der Waals surface area contributed by atoms with Crippen molar-refractivity contribution in [2.45, 2.75) is 12.3 Å². The van der Waals surface area contributed by atoms with Crippen molar-refractivity contribution in [2.24, 2.45) is 0 Å². The molecule has 0 radical (unpaired) electrons. The predicted octanol–water partition coefficient (Wildman–Crippen LogP) is 2.37. The summed E-state index contributed by atoms with van der Waals surface area (Å²) in [7, 11) is 0. The van der Waals surface area contributed by atoms with Gasteiger partial charge in [-0.1, -0.05) is 36.4 Å². The summed E-state index contributed by atoms with van der Waals surface area (Å²) >= 11 is 0. The molecule has 0 aliphatic carbocycles. The van der Waals surface area contributed by atoms with E-state index >= 15 is 0 Å². The Balaban J connectivity index is 1.91. The topological polar surface area (TPSA) is 33.3 Å². The average molecular weight is 264 g/mol. The van der Waals surface area contributed by atoms with Gasteiger partial charge >= 0.3 is 0 Å². The average Bonchev–Trinajstić information content (AvgIpc) is 2.48. The summed E-state index contributed by atoms with van der Waals surface area (Å²) in [5.41, 5.74) is 1.79. The van der Waals surface area contributed by atoms with Crippen molar-refractivity contribution in [3.05, 3.63) is 72.4 Å². The van der Waals surface area contributed by atoms with Crippen molar-refractivity contribution in [2.75, 3.05) is 0 Å². The number of aliphatic hydroxyl groups is 1. The molecule has 0 saturated heterocycles. The van der Waals surface area contributed by atoms with E-state index in [4.69, 9.17) is 4.74 Å². The third-order valence-electron chi connectivity index (χ3n) is 3.75. The molecule has 98 valence electrons. The van der Waals surface area contributed by atoms with Gasteiger partial charge in [0.15, 0.2) is 11.9 Å². The van der Waals surface area contributed by atoms with Crippen LogP contribution in [0.25, 0.3) is 10.9 Å². The van der Waals surface area contributed by atoms with E-state index in [1.807, 2.05) is 71.4 Å². The summed E-state index contributed by atoms with van der Waals surface area (Å²) in [6.07, 6.45) is 1.97. The third-order valence-corrected chi connectivity index (χ3v) is 3.75. The maximum Gasteiger partial charge on any atom is 0.295 e. The third kappa shape index (κ3) is 1.60. The summed E-state index contributed by atoms with van der Waals surface area (Å²) in [4.78, 5) is 0. The van der Waals surface area contributed by atoms with Crippen LogP contribution in [0.5, 0.6) is 5.75 Å². The number of rotatable bonds is 1. The Morgan fingerprint density at radius 3 is 2.60 bits per heavy atom. The Hall–Kier alpha value is -2.39.